The zero-order valence-electron chi connectivity index (χ0n) is 12.9. The van der Waals surface area contributed by atoms with Crippen LogP contribution >= 0.6 is 0 Å². The number of carbonyl (C=O) groups is 1. The maximum atomic E-state index is 12.5. The standard InChI is InChI=1S/C14H20F3N3O2/c1-13(2,3)22-12(21)19-7-4-10(5-8-19)20-9-6-11(18-20)14(15,16)17/h6,9-10H,4-5,7-8H2,1-3H3. The summed E-state index contributed by atoms with van der Waals surface area (Å²) in [5.74, 6) is 0. The van der Waals surface area contributed by atoms with Crippen LogP contribution in [0.5, 0.6) is 0 Å². The van der Waals surface area contributed by atoms with E-state index in [0.29, 0.717) is 25.9 Å². The Labute approximate surface area is 127 Å². The quantitative estimate of drug-likeness (QED) is 0.796. The van der Waals surface area contributed by atoms with Gasteiger partial charge in [0.25, 0.3) is 0 Å². The fourth-order valence-corrected chi connectivity index (χ4v) is 2.33. The van der Waals surface area contributed by atoms with Crippen LogP contribution in [0.4, 0.5) is 18.0 Å². The van der Waals surface area contributed by atoms with Gasteiger partial charge in [0.15, 0.2) is 5.69 Å². The van der Waals surface area contributed by atoms with Gasteiger partial charge in [0, 0.05) is 19.3 Å². The third-order valence-electron chi connectivity index (χ3n) is 3.39. The fourth-order valence-electron chi connectivity index (χ4n) is 2.33. The van der Waals surface area contributed by atoms with E-state index < -0.39 is 17.5 Å². The Hall–Kier alpha value is -1.73. The summed E-state index contributed by atoms with van der Waals surface area (Å²) in [7, 11) is 0. The van der Waals surface area contributed by atoms with Crippen LogP contribution in [0.2, 0.25) is 0 Å². The van der Waals surface area contributed by atoms with Crippen LogP contribution in [-0.2, 0) is 10.9 Å². The van der Waals surface area contributed by atoms with E-state index in [9.17, 15) is 18.0 Å². The summed E-state index contributed by atoms with van der Waals surface area (Å²) in [5.41, 5.74) is -1.44. The Kier molecular flexibility index (Phi) is 4.39. The van der Waals surface area contributed by atoms with Gasteiger partial charge in [-0.05, 0) is 39.7 Å². The van der Waals surface area contributed by atoms with E-state index in [2.05, 4.69) is 5.10 Å². The molecule has 22 heavy (non-hydrogen) atoms. The van der Waals surface area contributed by atoms with Crippen LogP contribution in [0.3, 0.4) is 0 Å². The second-order valence-corrected chi connectivity index (χ2v) is 6.38. The molecule has 2 heterocycles. The molecule has 2 rings (SSSR count). The highest BCUT2D eigenvalue weighted by Gasteiger charge is 2.35. The zero-order chi connectivity index (χ0) is 16.5. The van der Waals surface area contributed by atoms with Crippen molar-refractivity contribution in [2.24, 2.45) is 0 Å². The van der Waals surface area contributed by atoms with Crippen LogP contribution in [0.1, 0.15) is 45.3 Å². The summed E-state index contributed by atoms with van der Waals surface area (Å²) >= 11 is 0. The van der Waals surface area contributed by atoms with E-state index >= 15 is 0 Å². The highest BCUT2D eigenvalue weighted by atomic mass is 19.4. The van der Waals surface area contributed by atoms with Crippen molar-refractivity contribution >= 4 is 6.09 Å². The number of aromatic nitrogens is 2. The molecule has 1 amide bonds. The van der Waals surface area contributed by atoms with Crippen molar-refractivity contribution in [3.05, 3.63) is 18.0 Å². The molecular formula is C14H20F3N3O2. The summed E-state index contributed by atoms with van der Waals surface area (Å²) in [4.78, 5) is 13.5. The first-order valence-corrected chi connectivity index (χ1v) is 7.16. The normalized spacial score (nSPS) is 17.6. The molecule has 8 heteroatoms. The Morgan fingerprint density at radius 2 is 1.86 bits per heavy atom. The van der Waals surface area contributed by atoms with Gasteiger partial charge in [-0.2, -0.15) is 18.3 Å². The van der Waals surface area contributed by atoms with E-state index in [1.165, 1.54) is 10.9 Å². The summed E-state index contributed by atoms with van der Waals surface area (Å²) in [6, 6.07) is 0.843. The molecule has 1 aliphatic rings. The summed E-state index contributed by atoms with van der Waals surface area (Å²) in [5, 5.41) is 3.59. The van der Waals surface area contributed by atoms with Gasteiger partial charge in [0.1, 0.15) is 5.60 Å². The van der Waals surface area contributed by atoms with Gasteiger partial charge in [0.2, 0.25) is 0 Å². The molecule has 0 spiro atoms. The van der Waals surface area contributed by atoms with Crippen molar-refractivity contribution in [3.63, 3.8) is 0 Å². The van der Waals surface area contributed by atoms with E-state index in [-0.39, 0.29) is 12.1 Å². The first-order valence-electron chi connectivity index (χ1n) is 7.16. The molecule has 0 atom stereocenters. The largest absolute Gasteiger partial charge is 0.444 e. The molecule has 1 saturated heterocycles. The second-order valence-electron chi connectivity index (χ2n) is 6.38. The van der Waals surface area contributed by atoms with Crippen molar-refractivity contribution in [1.29, 1.82) is 0 Å². The van der Waals surface area contributed by atoms with Crippen molar-refractivity contribution < 1.29 is 22.7 Å². The van der Waals surface area contributed by atoms with Gasteiger partial charge in [-0.3, -0.25) is 4.68 Å². The molecule has 1 aromatic rings. The average Bonchev–Trinajstić information content (AvgIpc) is 2.86. The maximum Gasteiger partial charge on any atom is 0.435 e. The molecule has 0 saturated carbocycles. The lowest BCUT2D eigenvalue weighted by molar-refractivity contribution is -0.141. The van der Waals surface area contributed by atoms with Crippen molar-refractivity contribution in [3.8, 4) is 0 Å². The molecule has 1 fully saturated rings. The molecule has 0 aliphatic carbocycles. The van der Waals surface area contributed by atoms with Crippen LogP contribution in [0, 0.1) is 0 Å². The number of alkyl halides is 3. The number of halogens is 3. The lowest BCUT2D eigenvalue weighted by Crippen LogP contribution is -2.42. The van der Waals surface area contributed by atoms with Gasteiger partial charge in [-0.15, -0.1) is 0 Å². The van der Waals surface area contributed by atoms with Gasteiger partial charge in [-0.25, -0.2) is 4.79 Å². The number of likely N-dealkylation sites (tertiary alicyclic amines) is 1. The second kappa shape index (κ2) is 5.81. The van der Waals surface area contributed by atoms with Crippen molar-refractivity contribution in [2.75, 3.05) is 13.1 Å². The number of carbonyl (C=O) groups excluding carboxylic acids is 1. The number of amides is 1. The van der Waals surface area contributed by atoms with Crippen LogP contribution in [-0.4, -0.2) is 39.5 Å². The number of rotatable bonds is 1. The summed E-state index contributed by atoms with van der Waals surface area (Å²) in [6.07, 6.45) is -2.36. The first kappa shape index (κ1) is 16.6. The minimum absolute atomic E-state index is 0.130. The molecule has 124 valence electrons. The molecule has 0 bridgehead atoms. The van der Waals surface area contributed by atoms with Crippen molar-refractivity contribution in [2.45, 2.75) is 51.4 Å². The number of nitrogens with zero attached hydrogens (tertiary/aromatic N) is 3. The van der Waals surface area contributed by atoms with Crippen LogP contribution in [0.15, 0.2) is 12.3 Å². The molecule has 0 N–H and O–H groups in total. The van der Waals surface area contributed by atoms with Gasteiger partial charge >= 0.3 is 12.3 Å². The van der Waals surface area contributed by atoms with E-state index in [1.54, 1.807) is 25.7 Å². The predicted octanol–water partition coefficient (Wildman–Crippen LogP) is 3.47. The summed E-state index contributed by atoms with van der Waals surface area (Å²) in [6.45, 7) is 6.27. The van der Waals surface area contributed by atoms with Gasteiger partial charge < -0.3 is 9.64 Å². The Morgan fingerprint density at radius 1 is 1.27 bits per heavy atom. The third-order valence-corrected chi connectivity index (χ3v) is 3.39. The lowest BCUT2D eigenvalue weighted by atomic mass is 10.1. The predicted molar refractivity (Wildman–Crippen MR) is 73.3 cm³/mol. The molecule has 1 aromatic heterocycles. The monoisotopic (exact) mass is 319 g/mol. The van der Waals surface area contributed by atoms with Crippen molar-refractivity contribution in [1.82, 2.24) is 14.7 Å². The number of piperidine rings is 1. The smallest absolute Gasteiger partial charge is 0.435 e. The number of hydrogen-bond acceptors (Lipinski definition) is 3. The first-order chi connectivity index (χ1) is 10.1. The highest BCUT2D eigenvalue weighted by molar-refractivity contribution is 5.68. The minimum Gasteiger partial charge on any atom is -0.444 e. The molecule has 0 radical (unpaired) electrons. The Morgan fingerprint density at radius 3 is 2.32 bits per heavy atom. The number of ether oxygens (including phenoxy) is 1. The van der Waals surface area contributed by atoms with Crippen LogP contribution in [0.25, 0.3) is 0 Å². The van der Waals surface area contributed by atoms with E-state index in [1.807, 2.05) is 0 Å². The van der Waals surface area contributed by atoms with Gasteiger partial charge in [-0.1, -0.05) is 0 Å². The fraction of sp³-hybridized carbons (Fsp3) is 0.714. The van der Waals surface area contributed by atoms with E-state index in [4.69, 9.17) is 4.74 Å². The Bertz CT molecular complexity index is 526. The minimum atomic E-state index is -4.43. The SMILES string of the molecule is CC(C)(C)OC(=O)N1CCC(n2ccc(C(F)(F)F)n2)CC1. The average molecular weight is 319 g/mol. The molecule has 0 unspecified atom stereocenters. The van der Waals surface area contributed by atoms with Crippen LogP contribution < -0.4 is 0 Å². The Balaban J connectivity index is 1.92. The summed E-state index contributed by atoms with van der Waals surface area (Å²) < 4.78 is 44.3. The van der Waals surface area contributed by atoms with E-state index in [0.717, 1.165) is 6.07 Å². The van der Waals surface area contributed by atoms with Gasteiger partial charge in [0.05, 0.1) is 6.04 Å². The maximum absolute atomic E-state index is 12.5. The molecule has 1 aliphatic heterocycles. The molecule has 5 nitrogen and oxygen atoms in total. The lowest BCUT2D eigenvalue weighted by Gasteiger charge is -2.33. The molecule has 0 aromatic carbocycles. The third kappa shape index (κ3) is 4.14. The number of hydrogen-bond donors (Lipinski definition) is 0. The zero-order valence-corrected chi connectivity index (χ0v) is 12.9. The highest BCUT2D eigenvalue weighted by Crippen LogP contribution is 2.29. The molecular weight excluding hydrogens is 299 g/mol. The topological polar surface area (TPSA) is 47.4 Å².